The SMILES string of the molecule is COc1cn2ncc(OCc3ccccc3)c2cn1. The van der Waals surface area contributed by atoms with Crippen molar-refractivity contribution in [1.82, 2.24) is 14.6 Å². The summed E-state index contributed by atoms with van der Waals surface area (Å²) < 4.78 is 12.5. The van der Waals surface area contributed by atoms with Gasteiger partial charge in [0.15, 0.2) is 5.75 Å². The molecule has 2 heterocycles. The molecule has 3 rings (SSSR count). The van der Waals surface area contributed by atoms with Crippen LogP contribution in [0.15, 0.2) is 48.9 Å². The second kappa shape index (κ2) is 4.97. The standard InChI is InChI=1S/C14H13N3O2/c1-18-14-9-17-12(7-15-14)13(8-16-17)19-10-11-5-3-2-4-6-11/h2-9H,10H2,1H3. The van der Waals surface area contributed by atoms with Gasteiger partial charge in [-0.15, -0.1) is 0 Å². The van der Waals surface area contributed by atoms with E-state index in [-0.39, 0.29) is 0 Å². The summed E-state index contributed by atoms with van der Waals surface area (Å²) in [6.07, 6.45) is 5.08. The predicted molar refractivity (Wildman–Crippen MR) is 70.3 cm³/mol. The number of hydrogen-bond donors (Lipinski definition) is 0. The molecule has 0 aliphatic heterocycles. The fourth-order valence-corrected chi connectivity index (χ4v) is 1.80. The summed E-state index contributed by atoms with van der Waals surface area (Å²) in [5.41, 5.74) is 1.93. The predicted octanol–water partition coefficient (Wildman–Crippen LogP) is 2.32. The summed E-state index contributed by atoms with van der Waals surface area (Å²) in [5.74, 6) is 1.23. The maximum atomic E-state index is 5.75. The second-order valence-corrected chi connectivity index (χ2v) is 4.04. The summed E-state index contributed by atoms with van der Waals surface area (Å²) in [6, 6.07) is 10.00. The van der Waals surface area contributed by atoms with Crippen LogP contribution in [0, 0.1) is 0 Å². The minimum Gasteiger partial charge on any atom is -0.485 e. The molecule has 0 amide bonds. The molecule has 0 aliphatic rings. The Hall–Kier alpha value is -2.56. The summed E-state index contributed by atoms with van der Waals surface area (Å²) in [7, 11) is 1.57. The third-order valence-corrected chi connectivity index (χ3v) is 2.79. The van der Waals surface area contributed by atoms with Crippen LogP contribution >= 0.6 is 0 Å². The number of hydrogen-bond acceptors (Lipinski definition) is 4. The molecule has 0 unspecified atom stereocenters. The van der Waals surface area contributed by atoms with Crippen molar-refractivity contribution >= 4 is 5.52 Å². The molecule has 0 N–H and O–H groups in total. The van der Waals surface area contributed by atoms with Gasteiger partial charge in [0.25, 0.3) is 0 Å². The third-order valence-electron chi connectivity index (χ3n) is 2.79. The number of methoxy groups -OCH3 is 1. The normalized spacial score (nSPS) is 10.6. The van der Waals surface area contributed by atoms with Gasteiger partial charge in [0, 0.05) is 0 Å². The molecule has 2 aromatic heterocycles. The molecule has 0 fully saturated rings. The van der Waals surface area contributed by atoms with Crippen molar-refractivity contribution in [1.29, 1.82) is 0 Å². The molecular weight excluding hydrogens is 242 g/mol. The highest BCUT2D eigenvalue weighted by Crippen LogP contribution is 2.21. The van der Waals surface area contributed by atoms with Crippen LogP contribution < -0.4 is 9.47 Å². The molecule has 19 heavy (non-hydrogen) atoms. The van der Waals surface area contributed by atoms with E-state index in [2.05, 4.69) is 10.1 Å². The lowest BCUT2D eigenvalue weighted by Gasteiger charge is -2.04. The van der Waals surface area contributed by atoms with Crippen LogP contribution in [-0.2, 0) is 6.61 Å². The molecule has 0 bridgehead atoms. The number of fused-ring (bicyclic) bond motifs is 1. The lowest BCUT2D eigenvalue weighted by Crippen LogP contribution is -1.96. The van der Waals surface area contributed by atoms with Crippen LogP contribution in [0.3, 0.4) is 0 Å². The van der Waals surface area contributed by atoms with Crippen molar-refractivity contribution in [2.24, 2.45) is 0 Å². The molecule has 3 aromatic rings. The molecule has 0 radical (unpaired) electrons. The van der Waals surface area contributed by atoms with Gasteiger partial charge in [-0.2, -0.15) is 5.10 Å². The van der Waals surface area contributed by atoms with Crippen LogP contribution in [0.1, 0.15) is 5.56 Å². The molecule has 0 saturated carbocycles. The first-order valence-corrected chi connectivity index (χ1v) is 5.91. The average Bonchev–Trinajstić information content (AvgIpc) is 2.88. The number of ether oxygens (including phenoxy) is 2. The number of rotatable bonds is 4. The Morgan fingerprint density at radius 1 is 1.16 bits per heavy atom. The van der Waals surface area contributed by atoms with Gasteiger partial charge in [0.2, 0.25) is 5.88 Å². The Bertz CT molecular complexity index is 679. The Kier molecular flexibility index (Phi) is 3.02. The summed E-state index contributed by atoms with van der Waals surface area (Å²) in [4.78, 5) is 4.15. The van der Waals surface area contributed by atoms with E-state index in [9.17, 15) is 0 Å². The molecule has 96 valence electrons. The topological polar surface area (TPSA) is 48.7 Å². The van der Waals surface area contributed by atoms with Crippen molar-refractivity contribution in [3.8, 4) is 11.6 Å². The lowest BCUT2D eigenvalue weighted by molar-refractivity contribution is 0.309. The first-order valence-electron chi connectivity index (χ1n) is 5.91. The van der Waals surface area contributed by atoms with Crippen LogP contribution in [-0.4, -0.2) is 21.7 Å². The van der Waals surface area contributed by atoms with Crippen molar-refractivity contribution in [2.75, 3.05) is 7.11 Å². The molecule has 0 atom stereocenters. The first-order chi connectivity index (χ1) is 9.36. The van der Waals surface area contributed by atoms with Crippen molar-refractivity contribution < 1.29 is 9.47 Å². The van der Waals surface area contributed by atoms with Crippen LogP contribution in [0.25, 0.3) is 5.52 Å². The largest absolute Gasteiger partial charge is 0.485 e. The van der Waals surface area contributed by atoms with E-state index in [4.69, 9.17) is 9.47 Å². The van der Waals surface area contributed by atoms with Crippen molar-refractivity contribution in [3.05, 3.63) is 54.5 Å². The van der Waals surface area contributed by atoms with E-state index in [0.717, 1.165) is 11.1 Å². The number of aromatic nitrogens is 3. The second-order valence-electron chi connectivity index (χ2n) is 4.04. The Morgan fingerprint density at radius 3 is 2.79 bits per heavy atom. The van der Waals surface area contributed by atoms with Crippen LogP contribution in [0.2, 0.25) is 0 Å². The summed E-state index contributed by atoms with van der Waals surface area (Å²) in [5, 5.41) is 4.21. The highest BCUT2D eigenvalue weighted by Gasteiger charge is 2.07. The maximum Gasteiger partial charge on any atom is 0.232 e. The summed E-state index contributed by atoms with van der Waals surface area (Å²) >= 11 is 0. The Morgan fingerprint density at radius 2 is 2.00 bits per heavy atom. The quantitative estimate of drug-likeness (QED) is 0.717. The first kappa shape index (κ1) is 11.5. The zero-order chi connectivity index (χ0) is 13.1. The zero-order valence-electron chi connectivity index (χ0n) is 10.5. The Labute approximate surface area is 110 Å². The van der Waals surface area contributed by atoms with Gasteiger partial charge in [0.05, 0.1) is 25.7 Å². The highest BCUT2D eigenvalue weighted by atomic mass is 16.5. The molecule has 1 aromatic carbocycles. The van der Waals surface area contributed by atoms with Gasteiger partial charge in [0.1, 0.15) is 12.1 Å². The van der Waals surface area contributed by atoms with Gasteiger partial charge < -0.3 is 9.47 Å². The molecule has 5 nitrogen and oxygen atoms in total. The lowest BCUT2D eigenvalue weighted by atomic mass is 10.2. The van der Waals surface area contributed by atoms with Gasteiger partial charge in [-0.3, -0.25) is 0 Å². The summed E-state index contributed by atoms with van der Waals surface area (Å²) in [6.45, 7) is 0.508. The smallest absolute Gasteiger partial charge is 0.232 e. The monoisotopic (exact) mass is 255 g/mol. The van der Waals surface area contributed by atoms with Gasteiger partial charge in [-0.1, -0.05) is 30.3 Å². The Balaban J connectivity index is 1.82. The van der Waals surface area contributed by atoms with Crippen LogP contribution in [0.5, 0.6) is 11.6 Å². The highest BCUT2D eigenvalue weighted by molar-refractivity contribution is 5.57. The minimum atomic E-state index is 0.508. The van der Waals surface area contributed by atoms with Gasteiger partial charge in [-0.05, 0) is 5.56 Å². The molecule has 5 heteroatoms. The van der Waals surface area contributed by atoms with E-state index < -0.39 is 0 Å². The van der Waals surface area contributed by atoms with Crippen molar-refractivity contribution in [2.45, 2.75) is 6.61 Å². The average molecular weight is 255 g/mol. The number of nitrogens with zero attached hydrogens (tertiary/aromatic N) is 3. The van der Waals surface area contributed by atoms with E-state index in [1.165, 1.54) is 0 Å². The van der Waals surface area contributed by atoms with Crippen LogP contribution in [0.4, 0.5) is 0 Å². The fraction of sp³-hybridized carbons (Fsp3) is 0.143. The minimum absolute atomic E-state index is 0.508. The fourth-order valence-electron chi connectivity index (χ4n) is 1.80. The van der Waals surface area contributed by atoms with E-state index >= 15 is 0 Å². The van der Waals surface area contributed by atoms with E-state index in [1.54, 1.807) is 30.2 Å². The van der Waals surface area contributed by atoms with E-state index in [0.29, 0.717) is 18.2 Å². The van der Waals surface area contributed by atoms with Crippen molar-refractivity contribution in [3.63, 3.8) is 0 Å². The maximum absolute atomic E-state index is 5.75. The van der Waals surface area contributed by atoms with Gasteiger partial charge >= 0.3 is 0 Å². The molecule has 0 saturated heterocycles. The zero-order valence-corrected chi connectivity index (χ0v) is 10.5. The molecule has 0 aliphatic carbocycles. The number of benzene rings is 1. The third kappa shape index (κ3) is 2.35. The van der Waals surface area contributed by atoms with E-state index in [1.807, 2.05) is 30.3 Å². The molecule has 0 spiro atoms. The van der Waals surface area contributed by atoms with Gasteiger partial charge in [-0.25, -0.2) is 9.50 Å². The molecular formula is C14H13N3O2.